The maximum atomic E-state index is 12.4. The fraction of sp³-hybridized carbons (Fsp3) is 0.533. The molecule has 0 unspecified atom stereocenters. The molecule has 7 nitrogen and oxygen atoms in total. The van der Waals surface area contributed by atoms with E-state index < -0.39 is 16.6 Å². The molecule has 10 heteroatoms. The molecule has 1 aromatic rings. The number of nitrogens with zero attached hydrogens (tertiary/aromatic N) is 1. The molecule has 0 radical (unpaired) electrons. The third-order valence-corrected chi connectivity index (χ3v) is 4.86. The largest absolute Gasteiger partial charge is 0.433 e. The van der Waals surface area contributed by atoms with E-state index in [-0.39, 0.29) is 35.6 Å². The summed E-state index contributed by atoms with van der Waals surface area (Å²) in [5, 5.41) is 7.60. The summed E-state index contributed by atoms with van der Waals surface area (Å²) in [6, 6.07) is 5.96. The molecule has 3 N–H and O–H groups in total. The van der Waals surface area contributed by atoms with Crippen LogP contribution in [0.25, 0.3) is 0 Å². The summed E-state index contributed by atoms with van der Waals surface area (Å²) >= 11 is 0. The molecule has 2 rings (SSSR count). The lowest BCUT2D eigenvalue weighted by molar-refractivity contribution is -0.117. The first kappa shape index (κ1) is 19.5. The summed E-state index contributed by atoms with van der Waals surface area (Å²) in [5.74, 6) is -0.506. The van der Waals surface area contributed by atoms with Gasteiger partial charge in [0.1, 0.15) is 5.75 Å². The standard InChI is InChI=1S/C15H21F2N3O4S/c16-15(17)24-13-4-2-1-3-12(13)19-14(21)9-20-7-5-11(6-8-20)10-25(18,22)23/h1-4,11,15H,5-10H2,(H,19,21)(H2,18,22,23). The average molecular weight is 377 g/mol. The number of amides is 1. The van der Waals surface area contributed by atoms with Crippen molar-refractivity contribution in [2.75, 3.05) is 30.7 Å². The zero-order chi connectivity index (χ0) is 18.4. The molecular formula is C15H21F2N3O4S. The first-order valence-electron chi connectivity index (χ1n) is 7.79. The van der Waals surface area contributed by atoms with Crippen LogP contribution >= 0.6 is 0 Å². The molecule has 25 heavy (non-hydrogen) atoms. The number of ether oxygens (including phenoxy) is 1. The minimum Gasteiger partial charge on any atom is -0.433 e. The Bertz CT molecular complexity index is 692. The molecule has 0 aromatic heterocycles. The normalized spacial score (nSPS) is 16.8. The van der Waals surface area contributed by atoms with Crippen LogP contribution in [0.5, 0.6) is 5.75 Å². The number of piperidine rings is 1. The van der Waals surface area contributed by atoms with Crippen LogP contribution in [0.4, 0.5) is 14.5 Å². The predicted molar refractivity (Wildman–Crippen MR) is 88.8 cm³/mol. The summed E-state index contributed by atoms with van der Waals surface area (Å²) < 4.78 is 51.3. The van der Waals surface area contributed by atoms with Crippen molar-refractivity contribution in [2.24, 2.45) is 11.1 Å². The molecule has 140 valence electrons. The Kier molecular flexibility index (Phi) is 6.68. The predicted octanol–water partition coefficient (Wildman–Crippen LogP) is 1.23. The van der Waals surface area contributed by atoms with E-state index in [1.54, 1.807) is 6.07 Å². The number of alkyl halides is 2. The molecule has 0 bridgehead atoms. The lowest BCUT2D eigenvalue weighted by Gasteiger charge is -2.30. The van der Waals surface area contributed by atoms with Gasteiger partial charge < -0.3 is 10.1 Å². The number of hydrogen-bond acceptors (Lipinski definition) is 5. The van der Waals surface area contributed by atoms with E-state index in [9.17, 15) is 22.0 Å². The monoisotopic (exact) mass is 377 g/mol. The number of para-hydroxylation sites is 2. The number of benzene rings is 1. The number of primary sulfonamides is 1. The zero-order valence-electron chi connectivity index (χ0n) is 13.5. The number of rotatable bonds is 7. The lowest BCUT2D eigenvalue weighted by Crippen LogP contribution is -2.41. The van der Waals surface area contributed by atoms with Crippen LogP contribution in [0.1, 0.15) is 12.8 Å². The van der Waals surface area contributed by atoms with Crippen molar-refractivity contribution in [3.8, 4) is 5.75 Å². The first-order chi connectivity index (χ1) is 11.7. The van der Waals surface area contributed by atoms with Gasteiger partial charge in [-0.05, 0) is 44.0 Å². The van der Waals surface area contributed by atoms with E-state index in [4.69, 9.17) is 5.14 Å². The van der Waals surface area contributed by atoms with Gasteiger partial charge in [0.05, 0.1) is 18.0 Å². The maximum Gasteiger partial charge on any atom is 0.387 e. The van der Waals surface area contributed by atoms with Gasteiger partial charge in [0.25, 0.3) is 0 Å². The molecule has 0 atom stereocenters. The van der Waals surface area contributed by atoms with Crippen LogP contribution in [-0.4, -0.2) is 51.2 Å². The number of hydrogen-bond donors (Lipinski definition) is 2. The summed E-state index contributed by atoms with van der Waals surface area (Å²) in [7, 11) is -3.49. The van der Waals surface area contributed by atoms with Crippen LogP contribution in [0, 0.1) is 5.92 Å². The van der Waals surface area contributed by atoms with Crippen molar-refractivity contribution in [1.82, 2.24) is 4.90 Å². The Labute approximate surface area is 145 Å². The number of nitrogens with one attached hydrogen (secondary N) is 1. The van der Waals surface area contributed by atoms with Gasteiger partial charge in [0.2, 0.25) is 15.9 Å². The van der Waals surface area contributed by atoms with Crippen molar-refractivity contribution >= 4 is 21.6 Å². The van der Waals surface area contributed by atoms with Crippen molar-refractivity contribution in [1.29, 1.82) is 0 Å². The lowest BCUT2D eigenvalue weighted by atomic mass is 9.99. The average Bonchev–Trinajstić information content (AvgIpc) is 2.49. The highest BCUT2D eigenvalue weighted by Gasteiger charge is 2.24. The second kappa shape index (κ2) is 8.54. The fourth-order valence-corrected chi connectivity index (χ4v) is 3.79. The zero-order valence-corrected chi connectivity index (χ0v) is 14.3. The van der Waals surface area contributed by atoms with E-state index in [2.05, 4.69) is 10.1 Å². The highest BCUT2D eigenvalue weighted by Crippen LogP contribution is 2.25. The number of likely N-dealkylation sites (tertiary alicyclic amines) is 1. The quantitative estimate of drug-likeness (QED) is 0.744. The van der Waals surface area contributed by atoms with Crippen LogP contribution in [0.2, 0.25) is 0 Å². The van der Waals surface area contributed by atoms with Crippen molar-refractivity contribution < 1.29 is 26.7 Å². The highest BCUT2D eigenvalue weighted by molar-refractivity contribution is 7.89. The molecule has 1 heterocycles. The topological polar surface area (TPSA) is 102 Å². The molecule has 1 aliphatic rings. The number of anilines is 1. The van der Waals surface area contributed by atoms with Gasteiger partial charge in [-0.3, -0.25) is 9.69 Å². The molecule has 0 saturated carbocycles. The molecule has 0 aliphatic carbocycles. The van der Waals surface area contributed by atoms with Gasteiger partial charge in [-0.15, -0.1) is 0 Å². The van der Waals surface area contributed by atoms with Crippen LogP contribution in [-0.2, 0) is 14.8 Å². The summed E-state index contributed by atoms with van der Waals surface area (Å²) in [5.41, 5.74) is 0.178. The van der Waals surface area contributed by atoms with E-state index >= 15 is 0 Å². The third kappa shape index (κ3) is 6.92. The second-order valence-corrected chi connectivity index (χ2v) is 7.63. The smallest absolute Gasteiger partial charge is 0.387 e. The summed E-state index contributed by atoms with van der Waals surface area (Å²) in [6.07, 6.45) is 1.27. The number of carbonyl (C=O) groups excluding carboxylic acids is 1. The van der Waals surface area contributed by atoms with Crippen LogP contribution in [0.15, 0.2) is 24.3 Å². The van der Waals surface area contributed by atoms with Gasteiger partial charge in [-0.1, -0.05) is 12.1 Å². The van der Waals surface area contributed by atoms with Crippen molar-refractivity contribution in [2.45, 2.75) is 19.5 Å². The van der Waals surface area contributed by atoms with E-state index in [1.165, 1.54) is 18.2 Å². The van der Waals surface area contributed by atoms with Gasteiger partial charge in [-0.2, -0.15) is 8.78 Å². The number of nitrogens with two attached hydrogens (primary N) is 1. The molecular weight excluding hydrogens is 356 g/mol. The Morgan fingerprint density at radius 3 is 2.56 bits per heavy atom. The van der Waals surface area contributed by atoms with Crippen molar-refractivity contribution in [3.05, 3.63) is 24.3 Å². The summed E-state index contributed by atoms with van der Waals surface area (Å²) in [4.78, 5) is 14.0. The molecule has 1 saturated heterocycles. The highest BCUT2D eigenvalue weighted by atomic mass is 32.2. The SMILES string of the molecule is NS(=O)(=O)CC1CCN(CC(=O)Nc2ccccc2OC(F)F)CC1. The molecule has 1 aromatic carbocycles. The van der Waals surface area contributed by atoms with E-state index in [1.807, 2.05) is 4.90 Å². The fourth-order valence-electron chi connectivity index (χ4n) is 2.80. The Morgan fingerprint density at radius 1 is 1.32 bits per heavy atom. The first-order valence-corrected chi connectivity index (χ1v) is 9.51. The van der Waals surface area contributed by atoms with Crippen LogP contribution < -0.4 is 15.2 Å². The number of halogens is 2. The second-order valence-electron chi connectivity index (χ2n) is 5.97. The Balaban J connectivity index is 1.84. The summed E-state index contributed by atoms with van der Waals surface area (Å²) in [6.45, 7) is -1.74. The minimum absolute atomic E-state index is 0.00511. The molecule has 0 spiro atoms. The minimum atomic E-state index is -3.49. The number of carbonyl (C=O) groups is 1. The van der Waals surface area contributed by atoms with E-state index in [0.29, 0.717) is 25.9 Å². The molecule has 1 aliphatic heterocycles. The number of sulfonamides is 1. The maximum absolute atomic E-state index is 12.4. The molecule has 1 amide bonds. The van der Waals surface area contributed by atoms with Gasteiger partial charge in [0, 0.05) is 0 Å². The van der Waals surface area contributed by atoms with Gasteiger partial charge in [-0.25, -0.2) is 13.6 Å². The van der Waals surface area contributed by atoms with E-state index in [0.717, 1.165) is 0 Å². The Morgan fingerprint density at radius 2 is 1.96 bits per heavy atom. The van der Waals surface area contributed by atoms with Crippen LogP contribution in [0.3, 0.4) is 0 Å². The van der Waals surface area contributed by atoms with Gasteiger partial charge >= 0.3 is 6.61 Å². The Hall–Kier alpha value is -1.78. The van der Waals surface area contributed by atoms with Crippen molar-refractivity contribution in [3.63, 3.8) is 0 Å². The third-order valence-electron chi connectivity index (χ3n) is 3.92. The van der Waals surface area contributed by atoms with Gasteiger partial charge in [0.15, 0.2) is 0 Å². The molecule has 1 fully saturated rings.